The van der Waals surface area contributed by atoms with E-state index < -0.39 is 0 Å². The number of benzene rings is 1. The van der Waals surface area contributed by atoms with Crippen molar-refractivity contribution in [3.8, 4) is 0 Å². The summed E-state index contributed by atoms with van der Waals surface area (Å²) in [6, 6.07) is 10.0. The fourth-order valence-corrected chi connectivity index (χ4v) is 2.46. The Hall–Kier alpha value is -0.820. The lowest BCUT2D eigenvalue weighted by molar-refractivity contribution is 0.109. The molecular formula is C13H18O. The first-order chi connectivity index (χ1) is 6.77. The minimum atomic E-state index is -0.249. The molecule has 1 aliphatic rings. The van der Waals surface area contributed by atoms with Crippen molar-refractivity contribution in [2.75, 3.05) is 0 Å². The summed E-state index contributed by atoms with van der Waals surface area (Å²) in [6.07, 6.45) is 3.38. The Labute approximate surface area is 85.8 Å². The van der Waals surface area contributed by atoms with Crippen LogP contribution >= 0.6 is 0 Å². The molecule has 1 aliphatic carbocycles. The molecule has 2 rings (SSSR count). The maximum absolute atomic E-state index is 10.1. The molecule has 1 heteroatoms. The highest BCUT2D eigenvalue weighted by Crippen LogP contribution is 2.38. The predicted octanol–water partition coefficient (Wildman–Crippen LogP) is 3.16. The van der Waals surface area contributed by atoms with E-state index in [2.05, 4.69) is 6.92 Å². The van der Waals surface area contributed by atoms with Crippen molar-refractivity contribution >= 4 is 0 Å². The summed E-state index contributed by atoms with van der Waals surface area (Å²) < 4.78 is 0. The number of rotatable bonds is 2. The van der Waals surface area contributed by atoms with Gasteiger partial charge in [0.15, 0.2) is 0 Å². The van der Waals surface area contributed by atoms with Gasteiger partial charge in [-0.15, -0.1) is 0 Å². The zero-order valence-corrected chi connectivity index (χ0v) is 8.69. The van der Waals surface area contributed by atoms with E-state index in [0.29, 0.717) is 5.92 Å². The van der Waals surface area contributed by atoms with Crippen LogP contribution in [0.5, 0.6) is 0 Å². The van der Waals surface area contributed by atoms with Gasteiger partial charge >= 0.3 is 0 Å². The molecule has 0 heterocycles. The predicted molar refractivity (Wildman–Crippen MR) is 57.9 cm³/mol. The van der Waals surface area contributed by atoms with Crippen molar-refractivity contribution in [3.05, 3.63) is 35.9 Å². The molecule has 0 saturated heterocycles. The van der Waals surface area contributed by atoms with E-state index in [1.807, 2.05) is 30.3 Å². The number of hydrogen-bond donors (Lipinski definition) is 1. The van der Waals surface area contributed by atoms with Crippen molar-refractivity contribution in [2.45, 2.75) is 32.3 Å². The minimum absolute atomic E-state index is 0.249. The van der Waals surface area contributed by atoms with Gasteiger partial charge < -0.3 is 5.11 Å². The molecule has 76 valence electrons. The highest BCUT2D eigenvalue weighted by molar-refractivity contribution is 5.18. The second-order valence-corrected chi connectivity index (χ2v) is 4.53. The van der Waals surface area contributed by atoms with Crippen LogP contribution in [-0.2, 0) is 0 Å². The summed E-state index contributed by atoms with van der Waals surface area (Å²) in [5.41, 5.74) is 1.08. The molecule has 0 radical (unpaired) electrons. The molecule has 1 aromatic rings. The van der Waals surface area contributed by atoms with Gasteiger partial charge in [-0.1, -0.05) is 43.7 Å². The summed E-state index contributed by atoms with van der Waals surface area (Å²) in [5.74, 6) is 1.27. The molecule has 1 saturated carbocycles. The van der Waals surface area contributed by atoms with Gasteiger partial charge in [-0.25, -0.2) is 0 Å². The Morgan fingerprint density at radius 1 is 1.21 bits per heavy atom. The standard InChI is InChI=1S/C13H18O/c1-10-7-8-12(9-10)13(14)11-5-3-2-4-6-11/h2-6,10,12-14H,7-9H2,1H3/t10-,12+,13-/m1/s1. The highest BCUT2D eigenvalue weighted by atomic mass is 16.3. The Morgan fingerprint density at radius 2 is 1.93 bits per heavy atom. The second kappa shape index (κ2) is 4.14. The lowest BCUT2D eigenvalue weighted by Crippen LogP contribution is -2.09. The SMILES string of the molecule is C[C@@H]1CC[C@H]([C@H](O)c2ccccc2)C1. The first-order valence-electron chi connectivity index (χ1n) is 5.50. The molecule has 14 heavy (non-hydrogen) atoms. The molecule has 1 aromatic carbocycles. The van der Waals surface area contributed by atoms with Crippen LogP contribution in [0.25, 0.3) is 0 Å². The normalized spacial score (nSPS) is 29.0. The third-order valence-corrected chi connectivity index (χ3v) is 3.32. The lowest BCUT2D eigenvalue weighted by atomic mass is 9.94. The molecule has 3 atom stereocenters. The van der Waals surface area contributed by atoms with E-state index >= 15 is 0 Å². The van der Waals surface area contributed by atoms with Crippen LogP contribution < -0.4 is 0 Å². The van der Waals surface area contributed by atoms with Crippen LogP contribution in [-0.4, -0.2) is 5.11 Å². The molecule has 0 amide bonds. The van der Waals surface area contributed by atoms with Gasteiger partial charge in [0, 0.05) is 0 Å². The van der Waals surface area contributed by atoms with E-state index in [1.54, 1.807) is 0 Å². The molecule has 0 spiro atoms. The molecule has 0 aromatic heterocycles. The number of aliphatic hydroxyl groups is 1. The first-order valence-corrected chi connectivity index (χ1v) is 5.50. The zero-order valence-electron chi connectivity index (χ0n) is 8.69. The fourth-order valence-electron chi connectivity index (χ4n) is 2.46. The Morgan fingerprint density at radius 3 is 2.50 bits per heavy atom. The van der Waals surface area contributed by atoms with Gasteiger partial charge in [0.05, 0.1) is 6.10 Å². The zero-order chi connectivity index (χ0) is 9.97. The van der Waals surface area contributed by atoms with E-state index in [1.165, 1.54) is 19.3 Å². The van der Waals surface area contributed by atoms with Crippen LogP contribution in [0, 0.1) is 11.8 Å². The number of hydrogen-bond acceptors (Lipinski definition) is 1. The van der Waals surface area contributed by atoms with E-state index in [-0.39, 0.29) is 6.10 Å². The van der Waals surface area contributed by atoms with Gasteiger partial charge in [0.2, 0.25) is 0 Å². The van der Waals surface area contributed by atoms with Gasteiger partial charge in [0.25, 0.3) is 0 Å². The van der Waals surface area contributed by atoms with E-state index in [0.717, 1.165) is 11.5 Å². The molecule has 0 unspecified atom stereocenters. The summed E-state index contributed by atoms with van der Waals surface area (Å²) in [6.45, 7) is 2.28. The van der Waals surface area contributed by atoms with Gasteiger partial charge in [-0.05, 0) is 30.2 Å². The minimum Gasteiger partial charge on any atom is -0.388 e. The van der Waals surface area contributed by atoms with Crippen LogP contribution in [0.3, 0.4) is 0 Å². The largest absolute Gasteiger partial charge is 0.388 e. The van der Waals surface area contributed by atoms with E-state index in [4.69, 9.17) is 0 Å². The topological polar surface area (TPSA) is 20.2 Å². The molecule has 1 N–H and O–H groups in total. The average molecular weight is 190 g/mol. The molecule has 0 aliphatic heterocycles. The summed E-state index contributed by atoms with van der Waals surface area (Å²) in [5, 5.41) is 10.1. The van der Waals surface area contributed by atoms with Crippen LogP contribution in [0.2, 0.25) is 0 Å². The fraction of sp³-hybridized carbons (Fsp3) is 0.538. The van der Waals surface area contributed by atoms with Gasteiger partial charge in [0.1, 0.15) is 0 Å². The average Bonchev–Trinajstić information content (AvgIpc) is 2.65. The maximum atomic E-state index is 10.1. The highest BCUT2D eigenvalue weighted by Gasteiger charge is 2.28. The summed E-state index contributed by atoms with van der Waals surface area (Å²) in [7, 11) is 0. The third-order valence-electron chi connectivity index (χ3n) is 3.32. The molecule has 1 fully saturated rings. The van der Waals surface area contributed by atoms with Crippen molar-refractivity contribution < 1.29 is 5.11 Å². The molecule has 0 bridgehead atoms. The van der Waals surface area contributed by atoms with Crippen LogP contribution in [0.15, 0.2) is 30.3 Å². The summed E-state index contributed by atoms with van der Waals surface area (Å²) in [4.78, 5) is 0. The Balaban J connectivity index is 2.05. The van der Waals surface area contributed by atoms with Crippen molar-refractivity contribution in [3.63, 3.8) is 0 Å². The lowest BCUT2D eigenvalue weighted by Gasteiger charge is -2.18. The monoisotopic (exact) mass is 190 g/mol. The quantitative estimate of drug-likeness (QED) is 0.759. The van der Waals surface area contributed by atoms with Crippen molar-refractivity contribution in [1.29, 1.82) is 0 Å². The molecule has 1 nitrogen and oxygen atoms in total. The first kappa shape index (κ1) is 9.72. The Bertz CT molecular complexity index is 281. The molecular weight excluding hydrogens is 172 g/mol. The van der Waals surface area contributed by atoms with Crippen molar-refractivity contribution in [1.82, 2.24) is 0 Å². The van der Waals surface area contributed by atoms with Crippen LogP contribution in [0.1, 0.15) is 37.9 Å². The van der Waals surface area contributed by atoms with E-state index in [9.17, 15) is 5.11 Å². The third kappa shape index (κ3) is 1.98. The summed E-state index contributed by atoms with van der Waals surface area (Å²) >= 11 is 0. The van der Waals surface area contributed by atoms with Gasteiger partial charge in [-0.3, -0.25) is 0 Å². The maximum Gasteiger partial charge on any atom is 0.0818 e. The van der Waals surface area contributed by atoms with Crippen molar-refractivity contribution in [2.24, 2.45) is 11.8 Å². The van der Waals surface area contributed by atoms with Gasteiger partial charge in [-0.2, -0.15) is 0 Å². The second-order valence-electron chi connectivity index (χ2n) is 4.53. The van der Waals surface area contributed by atoms with Crippen LogP contribution in [0.4, 0.5) is 0 Å². The smallest absolute Gasteiger partial charge is 0.0818 e. The number of aliphatic hydroxyl groups excluding tert-OH is 1. The Kier molecular flexibility index (Phi) is 2.87.